The lowest BCUT2D eigenvalue weighted by Gasteiger charge is -2.13. The Balaban J connectivity index is 2.01. The molecule has 0 aromatic heterocycles. The summed E-state index contributed by atoms with van der Waals surface area (Å²) < 4.78 is 0. The zero-order valence-corrected chi connectivity index (χ0v) is 30.4. The van der Waals surface area contributed by atoms with E-state index in [4.69, 9.17) is 11.5 Å². The number of rotatable bonds is 34. The van der Waals surface area contributed by atoms with Crippen LogP contribution < -0.4 is 11.5 Å². The lowest BCUT2D eigenvalue weighted by atomic mass is 9.95. The van der Waals surface area contributed by atoms with Crippen LogP contribution in [0.5, 0.6) is 0 Å². The Morgan fingerprint density at radius 3 is 0.682 bits per heavy atom. The molecule has 0 radical (unpaired) electrons. The molecule has 4 N–H and O–H groups in total. The van der Waals surface area contributed by atoms with Gasteiger partial charge in [0.1, 0.15) is 0 Å². The number of unbranched alkanes of at least 4 members (excludes halogenated alkanes) is 30. The fourth-order valence-corrected chi connectivity index (χ4v) is 6.92. The second-order valence-electron chi connectivity index (χ2n) is 14.4. The van der Waals surface area contributed by atoms with E-state index in [9.17, 15) is 0 Å². The van der Waals surface area contributed by atoms with E-state index in [-0.39, 0.29) is 0 Å². The highest BCUT2D eigenvalue weighted by Gasteiger charge is 2.07. The van der Waals surface area contributed by atoms with E-state index in [1.807, 2.05) is 0 Å². The largest absolute Gasteiger partial charge is 0.397 e. The van der Waals surface area contributed by atoms with Crippen LogP contribution in [0.2, 0.25) is 0 Å². The molecule has 0 saturated carbocycles. The van der Waals surface area contributed by atoms with Crippen LogP contribution in [0, 0.1) is 0 Å². The van der Waals surface area contributed by atoms with Crippen molar-refractivity contribution >= 4 is 11.4 Å². The van der Waals surface area contributed by atoms with E-state index in [0.29, 0.717) is 0 Å². The first-order valence-corrected chi connectivity index (χ1v) is 20.4. The van der Waals surface area contributed by atoms with Crippen LogP contribution >= 0.6 is 0 Å². The Labute approximate surface area is 277 Å². The summed E-state index contributed by atoms with van der Waals surface area (Å²) in [6, 6.07) is 4.37. The monoisotopic (exact) mass is 613 g/mol. The van der Waals surface area contributed by atoms with Gasteiger partial charge >= 0.3 is 0 Å². The molecule has 258 valence electrons. The van der Waals surface area contributed by atoms with Gasteiger partial charge in [0.25, 0.3) is 0 Å². The molecule has 0 fully saturated rings. The first-order valence-electron chi connectivity index (χ1n) is 20.4. The van der Waals surface area contributed by atoms with Crippen LogP contribution in [-0.2, 0) is 12.8 Å². The summed E-state index contributed by atoms with van der Waals surface area (Å²) in [5.74, 6) is 0. The zero-order valence-electron chi connectivity index (χ0n) is 30.4. The molecular weight excluding hydrogens is 532 g/mol. The first-order chi connectivity index (χ1) is 21.7. The molecule has 0 unspecified atom stereocenters. The quantitative estimate of drug-likeness (QED) is 0.0601. The van der Waals surface area contributed by atoms with Gasteiger partial charge in [-0.2, -0.15) is 0 Å². The minimum absolute atomic E-state index is 0.771. The van der Waals surface area contributed by atoms with Gasteiger partial charge < -0.3 is 11.5 Å². The van der Waals surface area contributed by atoms with Gasteiger partial charge in [0.05, 0.1) is 11.4 Å². The van der Waals surface area contributed by atoms with Gasteiger partial charge in [-0.15, -0.1) is 0 Å². The smallest absolute Gasteiger partial charge is 0.0550 e. The van der Waals surface area contributed by atoms with Crippen molar-refractivity contribution in [1.82, 2.24) is 0 Å². The second kappa shape index (κ2) is 31.8. The molecule has 1 rings (SSSR count). The minimum atomic E-state index is 0.771. The molecule has 0 aliphatic rings. The molecule has 1 aromatic carbocycles. The predicted octanol–water partition coefficient (Wildman–Crippen LogP) is 14.5. The van der Waals surface area contributed by atoms with Crippen LogP contribution in [0.25, 0.3) is 0 Å². The Morgan fingerprint density at radius 2 is 0.477 bits per heavy atom. The molecule has 0 aliphatic heterocycles. The van der Waals surface area contributed by atoms with E-state index in [1.54, 1.807) is 0 Å². The number of benzene rings is 1. The van der Waals surface area contributed by atoms with Gasteiger partial charge in [0.2, 0.25) is 0 Å². The van der Waals surface area contributed by atoms with Gasteiger partial charge in [0, 0.05) is 0 Å². The van der Waals surface area contributed by atoms with E-state index < -0.39 is 0 Å². The number of aryl methyl sites for hydroxylation is 2. The molecule has 44 heavy (non-hydrogen) atoms. The van der Waals surface area contributed by atoms with E-state index in [2.05, 4.69) is 26.0 Å². The number of anilines is 2. The van der Waals surface area contributed by atoms with Crippen molar-refractivity contribution in [2.75, 3.05) is 11.5 Å². The maximum Gasteiger partial charge on any atom is 0.0550 e. The first kappa shape index (κ1) is 40.8. The Hall–Kier alpha value is -1.18. The highest BCUT2D eigenvalue weighted by Crippen LogP contribution is 2.25. The van der Waals surface area contributed by atoms with Crippen molar-refractivity contribution in [3.05, 3.63) is 23.3 Å². The SMILES string of the molecule is CCCCCCCCCCCCCCCCCCc1cc(N)c(N)cc1CCCCCCCCCCCCCCCCCC. The van der Waals surface area contributed by atoms with Crippen molar-refractivity contribution in [2.24, 2.45) is 0 Å². The molecule has 0 bridgehead atoms. The van der Waals surface area contributed by atoms with Gasteiger partial charge in [0.15, 0.2) is 0 Å². The standard InChI is InChI=1S/C42H80N2/c1-3-5-7-9-11-13-15-17-19-21-23-25-27-29-31-33-35-39-37-41(43)42(44)38-40(39)36-34-32-30-28-26-24-22-20-18-16-14-12-10-8-6-4-2/h37-38H,3-36,43-44H2,1-2H3. The summed E-state index contributed by atoms with van der Waals surface area (Å²) in [6.07, 6.45) is 47.8. The fraction of sp³-hybridized carbons (Fsp3) is 0.857. The summed E-state index contributed by atoms with van der Waals surface area (Å²) in [6.45, 7) is 4.60. The van der Waals surface area contributed by atoms with Crippen LogP contribution in [0.3, 0.4) is 0 Å². The van der Waals surface area contributed by atoms with Crippen LogP contribution in [0.4, 0.5) is 11.4 Å². The summed E-state index contributed by atoms with van der Waals surface area (Å²) in [5.41, 5.74) is 16.9. The highest BCUT2D eigenvalue weighted by molar-refractivity contribution is 5.66. The number of nitrogens with two attached hydrogens (primary N) is 2. The third-order valence-corrected chi connectivity index (χ3v) is 10.0. The topological polar surface area (TPSA) is 52.0 Å². The zero-order chi connectivity index (χ0) is 31.8. The van der Waals surface area contributed by atoms with E-state index >= 15 is 0 Å². The molecule has 1 aromatic rings. The minimum Gasteiger partial charge on any atom is -0.397 e. The third kappa shape index (κ3) is 25.1. The van der Waals surface area contributed by atoms with Crippen molar-refractivity contribution in [2.45, 2.75) is 232 Å². The van der Waals surface area contributed by atoms with Crippen molar-refractivity contribution in [3.8, 4) is 0 Å². The highest BCUT2D eigenvalue weighted by atomic mass is 14.7. The Morgan fingerprint density at radius 1 is 0.295 bits per heavy atom. The Bertz CT molecular complexity index is 666. The summed E-state index contributed by atoms with van der Waals surface area (Å²) in [5, 5.41) is 0. The fourth-order valence-electron chi connectivity index (χ4n) is 6.92. The van der Waals surface area contributed by atoms with E-state index in [0.717, 1.165) is 24.2 Å². The van der Waals surface area contributed by atoms with Gasteiger partial charge in [-0.05, 0) is 48.9 Å². The third-order valence-electron chi connectivity index (χ3n) is 10.0. The van der Waals surface area contributed by atoms with Crippen molar-refractivity contribution in [3.63, 3.8) is 0 Å². The molecule has 2 nitrogen and oxygen atoms in total. The summed E-state index contributed by atoms with van der Waals surface area (Å²) in [4.78, 5) is 0. The molecule has 0 atom stereocenters. The molecule has 0 saturated heterocycles. The number of hydrogen-bond acceptors (Lipinski definition) is 2. The van der Waals surface area contributed by atoms with E-state index in [1.165, 1.54) is 217 Å². The summed E-state index contributed by atoms with van der Waals surface area (Å²) in [7, 11) is 0. The lowest BCUT2D eigenvalue weighted by Crippen LogP contribution is -2.02. The lowest BCUT2D eigenvalue weighted by molar-refractivity contribution is 0.528. The Kier molecular flexibility index (Phi) is 29.5. The van der Waals surface area contributed by atoms with Crippen molar-refractivity contribution < 1.29 is 0 Å². The maximum absolute atomic E-state index is 6.22. The maximum atomic E-state index is 6.22. The molecule has 0 heterocycles. The average molecular weight is 613 g/mol. The van der Waals surface area contributed by atoms with Crippen LogP contribution in [-0.4, -0.2) is 0 Å². The van der Waals surface area contributed by atoms with Gasteiger partial charge in [-0.25, -0.2) is 0 Å². The molecule has 0 amide bonds. The molecule has 2 heteroatoms. The molecule has 0 aliphatic carbocycles. The normalized spacial score (nSPS) is 11.5. The van der Waals surface area contributed by atoms with Crippen molar-refractivity contribution in [1.29, 1.82) is 0 Å². The molecule has 0 spiro atoms. The predicted molar refractivity (Wildman–Crippen MR) is 202 cm³/mol. The molecular formula is C42H80N2. The van der Waals surface area contributed by atoms with Gasteiger partial charge in [-0.1, -0.05) is 206 Å². The number of hydrogen-bond donors (Lipinski definition) is 2. The van der Waals surface area contributed by atoms with Crippen LogP contribution in [0.1, 0.15) is 230 Å². The summed E-state index contributed by atoms with van der Waals surface area (Å²) >= 11 is 0. The van der Waals surface area contributed by atoms with Crippen LogP contribution in [0.15, 0.2) is 12.1 Å². The average Bonchev–Trinajstić information content (AvgIpc) is 3.02. The number of nitrogen functional groups attached to an aromatic ring is 2. The second-order valence-corrected chi connectivity index (χ2v) is 14.4. The van der Waals surface area contributed by atoms with Gasteiger partial charge in [-0.3, -0.25) is 0 Å².